The first-order valence-electron chi connectivity index (χ1n) is 5.38. The van der Waals surface area contributed by atoms with E-state index in [-0.39, 0.29) is 17.9 Å². The Morgan fingerprint density at radius 2 is 2.24 bits per heavy atom. The fourth-order valence-corrected chi connectivity index (χ4v) is 2.44. The van der Waals surface area contributed by atoms with Gasteiger partial charge in [0.2, 0.25) is 11.8 Å². The highest BCUT2D eigenvalue weighted by Crippen LogP contribution is 2.33. The standard InChI is InChI=1S/C12H13BrN2O2/c1-7-5-12(17)14-10-4-3-9(13)6-11(10)15(7)8(2)16/h3-4,6-7H,5H2,1-2H3,(H,14,17)/t7-/m0/s1. The van der Waals surface area contributed by atoms with Crippen LogP contribution in [0.2, 0.25) is 0 Å². The van der Waals surface area contributed by atoms with Crippen molar-refractivity contribution in [2.45, 2.75) is 26.3 Å². The van der Waals surface area contributed by atoms with Crippen molar-refractivity contribution in [3.8, 4) is 0 Å². The summed E-state index contributed by atoms with van der Waals surface area (Å²) in [6, 6.07) is 5.35. The summed E-state index contributed by atoms with van der Waals surface area (Å²) in [5.41, 5.74) is 1.42. The highest BCUT2D eigenvalue weighted by Gasteiger charge is 2.27. The molecule has 0 saturated heterocycles. The molecule has 1 aromatic carbocycles. The number of anilines is 2. The Hall–Kier alpha value is -1.36. The van der Waals surface area contributed by atoms with Crippen LogP contribution in [0.25, 0.3) is 0 Å². The number of hydrogen-bond donors (Lipinski definition) is 1. The third-order valence-electron chi connectivity index (χ3n) is 2.75. The fraction of sp³-hybridized carbons (Fsp3) is 0.333. The van der Waals surface area contributed by atoms with Gasteiger partial charge >= 0.3 is 0 Å². The van der Waals surface area contributed by atoms with E-state index < -0.39 is 0 Å². The smallest absolute Gasteiger partial charge is 0.226 e. The Bertz CT molecular complexity index is 487. The first-order chi connectivity index (χ1) is 7.99. The van der Waals surface area contributed by atoms with Crippen molar-refractivity contribution >= 4 is 39.1 Å². The first-order valence-corrected chi connectivity index (χ1v) is 6.17. The molecule has 0 aliphatic carbocycles. The van der Waals surface area contributed by atoms with Crippen LogP contribution in [0.3, 0.4) is 0 Å². The van der Waals surface area contributed by atoms with Crippen LogP contribution in [0.15, 0.2) is 22.7 Å². The molecule has 1 N–H and O–H groups in total. The molecule has 0 radical (unpaired) electrons. The molecule has 1 aromatic rings. The molecule has 4 nitrogen and oxygen atoms in total. The summed E-state index contributed by atoms with van der Waals surface area (Å²) >= 11 is 3.38. The van der Waals surface area contributed by atoms with Crippen LogP contribution in [-0.4, -0.2) is 17.9 Å². The predicted molar refractivity (Wildman–Crippen MR) is 70.0 cm³/mol. The average Bonchev–Trinajstić information content (AvgIpc) is 2.32. The van der Waals surface area contributed by atoms with E-state index >= 15 is 0 Å². The Kier molecular flexibility index (Phi) is 3.19. The molecule has 1 aliphatic rings. The van der Waals surface area contributed by atoms with Crippen LogP contribution in [0.1, 0.15) is 20.3 Å². The van der Waals surface area contributed by atoms with Crippen molar-refractivity contribution < 1.29 is 9.59 Å². The molecular weight excluding hydrogens is 284 g/mol. The van der Waals surface area contributed by atoms with Gasteiger partial charge in [-0.05, 0) is 25.1 Å². The second-order valence-electron chi connectivity index (χ2n) is 4.15. The van der Waals surface area contributed by atoms with Gasteiger partial charge in [0, 0.05) is 23.9 Å². The number of carbonyl (C=O) groups excluding carboxylic acids is 2. The summed E-state index contributed by atoms with van der Waals surface area (Å²) in [6.07, 6.45) is 0.311. The van der Waals surface area contributed by atoms with E-state index in [1.165, 1.54) is 6.92 Å². The second kappa shape index (κ2) is 4.49. The molecule has 1 heterocycles. The third kappa shape index (κ3) is 2.34. The lowest BCUT2D eigenvalue weighted by Crippen LogP contribution is -2.37. The van der Waals surface area contributed by atoms with Gasteiger partial charge in [-0.25, -0.2) is 0 Å². The number of hydrogen-bond acceptors (Lipinski definition) is 2. The van der Waals surface area contributed by atoms with Crippen LogP contribution in [0.5, 0.6) is 0 Å². The van der Waals surface area contributed by atoms with Gasteiger partial charge in [0.15, 0.2) is 0 Å². The van der Waals surface area contributed by atoms with Gasteiger partial charge in [-0.3, -0.25) is 9.59 Å². The minimum Gasteiger partial charge on any atom is -0.324 e. The lowest BCUT2D eigenvalue weighted by atomic mass is 10.2. The van der Waals surface area contributed by atoms with Crippen LogP contribution in [0.4, 0.5) is 11.4 Å². The van der Waals surface area contributed by atoms with Crippen molar-refractivity contribution in [3.63, 3.8) is 0 Å². The summed E-state index contributed by atoms with van der Waals surface area (Å²) in [5, 5.41) is 2.81. The molecule has 90 valence electrons. The van der Waals surface area contributed by atoms with Gasteiger partial charge < -0.3 is 10.2 Å². The quantitative estimate of drug-likeness (QED) is 0.800. The largest absolute Gasteiger partial charge is 0.324 e. The number of nitrogens with one attached hydrogen (secondary N) is 1. The van der Waals surface area contributed by atoms with Gasteiger partial charge in [0.05, 0.1) is 11.4 Å². The van der Waals surface area contributed by atoms with Crippen molar-refractivity contribution in [3.05, 3.63) is 22.7 Å². The zero-order chi connectivity index (χ0) is 12.6. The van der Waals surface area contributed by atoms with Gasteiger partial charge in [0.1, 0.15) is 0 Å². The lowest BCUT2D eigenvalue weighted by Gasteiger charge is -2.26. The van der Waals surface area contributed by atoms with Crippen LogP contribution < -0.4 is 10.2 Å². The van der Waals surface area contributed by atoms with Crippen molar-refractivity contribution in [1.29, 1.82) is 0 Å². The van der Waals surface area contributed by atoms with E-state index in [0.717, 1.165) is 10.2 Å². The van der Waals surface area contributed by atoms with E-state index in [1.54, 1.807) is 11.0 Å². The molecule has 0 spiro atoms. The molecular formula is C12H13BrN2O2. The Labute approximate surface area is 108 Å². The summed E-state index contributed by atoms with van der Waals surface area (Å²) in [4.78, 5) is 25.0. The minimum absolute atomic E-state index is 0.0617. The molecule has 0 aromatic heterocycles. The number of fused-ring (bicyclic) bond motifs is 1. The van der Waals surface area contributed by atoms with Gasteiger partial charge in [-0.15, -0.1) is 0 Å². The van der Waals surface area contributed by atoms with E-state index in [4.69, 9.17) is 0 Å². The molecule has 0 fully saturated rings. The number of nitrogens with zero attached hydrogens (tertiary/aromatic N) is 1. The third-order valence-corrected chi connectivity index (χ3v) is 3.25. The molecule has 1 atom stereocenters. The topological polar surface area (TPSA) is 49.4 Å². The molecule has 2 amide bonds. The number of rotatable bonds is 0. The van der Waals surface area contributed by atoms with Crippen LogP contribution in [-0.2, 0) is 9.59 Å². The highest BCUT2D eigenvalue weighted by molar-refractivity contribution is 9.10. The number of carbonyl (C=O) groups is 2. The number of amides is 2. The first kappa shape index (κ1) is 12.1. The Morgan fingerprint density at radius 1 is 1.53 bits per heavy atom. The normalized spacial score (nSPS) is 19.4. The van der Waals surface area contributed by atoms with Crippen LogP contribution >= 0.6 is 15.9 Å². The van der Waals surface area contributed by atoms with Gasteiger partial charge in [0.25, 0.3) is 0 Å². The van der Waals surface area contributed by atoms with E-state index in [2.05, 4.69) is 21.2 Å². The zero-order valence-electron chi connectivity index (χ0n) is 9.66. The maximum atomic E-state index is 11.7. The van der Waals surface area contributed by atoms with Crippen molar-refractivity contribution in [2.24, 2.45) is 0 Å². The van der Waals surface area contributed by atoms with E-state index in [0.29, 0.717) is 12.1 Å². The summed E-state index contributed by atoms with van der Waals surface area (Å²) in [5.74, 6) is -0.127. The van der Waals surface area contributed by atoms with E-state index in [9.17, 15) is 9.59 Å². The van der Waals surface area contributed by atoms with E-state index in [1.807, 2.05) is 19.1 Å². The maximum absolute atomic E-state index is 11.7. The molecule has 0 saturated carbocycles. The molecule has 0 unspecified atom stereocenters. The maximum Gasteiger partial charge on any atom is 0.226 e. The monoisotopic (exact) mass is 296 g/mol. The summed E-state index contributed by atoms with van der Waals surface area (Å²) in [6.45, 7) is 3.38. The molecule has 2 rings (SSSR count). The molecule has 17 heavy (non-hydrogen) atoms. The predicted octanol–water partition coefficient (Wildman–Crippen LogP) is 2.53. The summed E-state index contributed by atoms with van der Waals surface area (Å²) < 4.78 is 0.880. The average molecular weight is 297 g/mol. The lowest BCUT2D eigenvalue weighted by molar-refractivity contribution is -0.117. The van der Waals surface area contributed by atoms with Gasteiger partial charge in [-0.2, -0.15) is 0 Å². The summed E-state index contributed by atoms with van der Waals surface area (Å²) in [7, 11) is 0. The minimum atomic E-state index is -0.136. The molecule has 5 heteroatoms. The number of halogens is 1. The molecule has 1 aliphatic heterocycles. The van der Waals surface area contributed by atoms with Gasteiger partial charge in [-0.1, -0.05) is 15.9 Å². The second-order valence-corrected chi connectivity index (χ2v) is 5.07. The van der Waals surface area contributed by atoms with Crippen molar-refractivity contribution in [2.75, 3.05) is 10.2 Å². The Morgan fingerprint density at radius 3 is 2.88 bits per heavy atom. The van der Waals surface area contributed by atoms with Crippen molar-refractivity contribution in [1.82, 2.24) is 0 Å². The van der Waals surface area contributed by atoms with Crippen LogP contribution in [0, 0.1) is 0 Å². The SMILES string of the molecule is CC(=O)N1c2cc(Br)ccc2NC(=O)C[C@@H]1C. The Balaban J connectivity index is 2.57. The highest BCUT2D eigenvalue weighted by atomic mass is 79.9. The molecule has 0 bridgehead atoms. The number of benzene rings is 1. The fourth-order valence-electron chi connectivity index (χ4n) is 2.09. The zero-order valence-corrected chi connectivity index (χ0v) is 11.2.